The summed E-state index contributed by atoms with van der Waals surface area (Å²) in [7, 11) is 1.64. The number of rotatable bonds is 5. The maximum Gasteiger partial charge on any atom is 0.310 e. The number of nitrogens with zero attached hydrogens (tertiary/aromatic N) is 1. The highest BCUT2D eigenvalue weighted by molar-refractivity contribution is 6.09. The lowest BCUT2D eigenvalue weighted by atomic mass is 9.97. The van der Waals surface area contributed by atoms with Crippen LogP contribution in [-0.2, 0) is 16.0 Å². The molecule has 0 aliphatic carbocycles. The molecule has 0 N–H and O–H groups in total. The van der Waals surface area contributed by atoms with Crippen LogP contribution < -0.4 is 4.74 Å². The molecule has 0 aliphatic rings. The molecule has 0 fully saturated rings. The number of halogens is 1. The molecule has 0 saturated heterocycles. The number of pyridine rings is 1. The number of carbonyl (C=O) groups is 1. The molecule has 5 heteroatoms. The number of fused-ring (bicyclic) bond motifs is 3. The van der Waals surface area contributed by atoms with Crippen molar-refractivity contribution in [3.63, 3.8) is 0 Å². The molecular formula is C24H22ClNO3. The summed E-state index contributed by atoms with van der Waals surface area (Å²) in [5, 5.41) is 3.22. The minimum Gasteiger partial charge on any atom is -0.497 e. The molecule has 0 spiro atoms. The van der Waals surface area contributed by atoms with E-state index >= 15 is 0 Å². The third-order valence-corrected chi connectivity index (χ3v) is 4.81. The maximum atomic E-state index is 12.3. The van der Waals surface area contributed by atoms with Crippen molar-refractivity contribution in [2.45, 2.75) is 13.3 Å². The summed E-state index contributed by atoms with van der Waals surface area (Å²) < 4.78 is 10.5. The fourth-order valence-corrected chi connectivity index (χ4v) is 3.51. The van der Waals surface area contributed by atoms with Gasteiger partial charge in [0.1, 0.15) is 5.75 Å². The first-order valence-electron chi connectivity index (χ1n) is 9.31. The van der Waals surface area contributed by atoms with Crippen LogP contribution in [0.3, 0.4) is 0 Å². The van der Waals surface area contributed by atoms with Gasteiger partial charge in [0.2, 0.25) is 0 Å². The Morgan fingerprint density at radius 1 is 1.00 bits per heavy atom. The van der Waals surface area contributed by atoms with Crippen LogP contribution >= 0.6 is 12.4 Å². The Kier molecular flexibility index (Phi) is 6.35. The van der Waals surface area contributed by atoms with Crippen LogP contribution in [-0.4, -0.2) is 24.7 Å². The smallest absolute Gasteiger partial charge is 0.310 e. The number of ether oxygens (including phenoxy) is 2. The molecule has 0 bridgehead atoms. The van der Waals surface area contributed by atoms with E-state index in [1.165, 1.54) is 0 Å². The van der Waals surface area contributed by atoms with Gasteiger partial charge in [-0.25, -0.2) is 4.98 Å². The fourth-order valence-electron chi connectivity index (χ4n) is 3.51. The van der Waals surface area contributed by atoms with Gasteiger partial charge in [-0.3, -0.25) is 4.79 Å². The second kappa shape index (κ2) is 8.93. The summed E-state index contributed by atoms with van der Waals surface area (Å²) in [4.78, 5) is 17.1. The van der Waals surface area contributed by atoms with Crippen molar-refractivity contribution in [1.82, 2.24) is 4.98 Å². The zero-order valence-corrected chi connectivity index (χ0v) is 17.2. The van der Waals surface area contributed by atoms with Crippen LogP contribution in [0.1, 0.15) is 12.5 Å². The topological polar surface area (TPSA) is 48.4 Å². The second-order valence-electron chi connectivity index (χ2n) is 6.56. The van der Waals surface area contributed by atoms with Crippen molar-refractivity contribution in [3.8, 4) is 17.0 Å². The minimum absolute atomic E-state index is 0. The molecule has 0 amide bonds. The highest BCUT2D eigenvalue weighted by Crippen LogP contribution is 2.31. The molecule has 0 unspecified atom stereocenters. The molecule has 1 aromatic heterocycles. The zero-order chi connectivity index (χ0) is 19.5. The summed E-state index contributed by atoms with van der Waals surface area (Å²) in [5.41, 5.74) is 3.59. The van der Waals surface area contributed by atoms with Gasteiger partial charge in [0.15, 0.2) is 0 Å². The Morgan fingerprint density at radius 3 is 2.48 bits per heavy atom. The fraction of sp³-hybridized carbons (Fsp3) is 0.167. The quantitative estimate of drug-likeness (QED) is 0.319. The average Bonchev–Trinajstić information content (AvgIpc) is 2.73. The Bertz CT molecular complexity index is 1160. The van der Waals surface area contributed by atoms with Crippen molar-refractivity contribution in [2.75, 3.05) is 13.7 Å². The molecule has 4 rings (SSSR count). The third-order valence-electron chi connectivity index (χ3n) is 4.81. The summed E-state index contributed by atoms with van der Waals surface area (Å²) in [6.07, 6.45) is 0.212. The molecular weight excluding hydrogens is 386 g/mol. The minimum atomic E-state index is -0.233. The molecule has 4 nitrogen and oxygen atoms in total. The monoisotopic (exact) mass is 407 g/mol. The summed E-state index contributed by atoms with van der Waals surface area (Å²) >= 11 is 0. The van der Waals surface area contributed by atoms with E-state index in [0.29, 0.717) is 6.61 Å². The van der Waals surface area contributed by atoms with E-state index < -0.39 is 0 Å². The summed E-state index contributed by atoms with van der Waals surface area (Å²) in [5.74, 6) is 0.561. The van der Waals surface area contributed by atoms with Crippen molar-refractivity contribution in [2.24, 2.45) is 0 Å². The maximum absolute atomic E-state index is 12.3. The summed E-state index contributed by atoms with van der Waals surface area (Å²) in [6.45, 7) is 2.19. The molecule has 29 heavy (non-hydrogen) atoms. The first kappa shape index (κ1) is 20.6. The van der Waals surface area contributed by atoms with Crippen LogP contribution in [0.15, 0.2) is 66.7 Å². The van der Waals surface area contributed by atoms with Crippen molar-refractivity contribution < 1.29 is 14.3 Å². The van der Waals surface area contributed by atoms with Crippen LogP contribution in [0.2, 0.25) is 0 Å². The average molecular weight is 408 g/mol. The number of esters is 1. The van der Waals surface area contributed by atoms with E-state index in [1.807, 2.05) is 55.5 Å². The summed E-state index contributed by atoms with van der Waals surface area (Å²) in [6, 6.07) is 22.0. The van der Waals surface area contributed by atoms with Crippen molar-refractivity contribution >= 4 is 40.1 Å². The SMILES string of the molecule is CCOC(=O)Cc1cc(-c2ccc(OC)cc2)nc2ccc3ccccc3c12.Cl. The van der Waals surface area contributed by atoms with Crippen LogP contribution in [0.25, 0.3) is 32.9 Å². The first-order chi connectivity index (χ1) is 13.7. The lowest BCUT2D eigenvalue weighted by molar-refractivity contribution is -0.142. The Labute approximate surface area is 175 Å². The number of methoxy groups -OCH3 is 1. The standard InChI is InChI=1S/C24H21NO3.ClH/c1-3-28-23(26)15-18-14-22(17-8-11-19(27-2)12-9-17)25-21-13-10-16-6-4-5-7-20(16)24(18)21;/h4-14H,3,15H2,1-2H3;1H. The highest BCUT2D eigenvalue weighted by Gasteiger charge is 2.14. The highest BCUT2D eigenvalue weighted by atomic mass is 35.5. The lowest BCUT2D eigenvalue weighted by Crippen LogP contribution is -2.08. The van der Waals surface area contributed by atoms with Gasteiger partial charge >= 0.3 is 5.97 Å². The molecule has 0 aliphatic heterocycles. The van der Waals surface area contributed by atoms with Crippen LogP contribution in [0.4, 0.5) is 0 Å². The molecule has 3 aromatic carbocycles. The number of benzene rings is 3. The predicted octanol–water partition coefficient (Wildman–Crippen LogP) is 5.59. The first-order valence-corrected chi connectivity index (χ1v) is 9.31. The van der Waals surface area contributed by atoms with E-state index in [1.54, 1.807) is 7.11 Å². The van der Waals surface area contributed by atoms with Gasteiger partial charge in [0.05, 0.1) is 31.3 Å². The number of hydrogen-bond donors (Lipinski definition) is 0. The largest absolute Gasteiger partial charge is 0.497 e. The second-order valence-corrected chi connectivity index (χ2v) is 6.56. The van der Waals surface area contributed by atoms with Gasteiger partial charge in [-0.05, 0) is 59.7 Å². The molecule has 1 heterocycles. The Hall–Kier alpha value is -3.11. The van der Waals surface area contributed by atoms with E-state index in [4.69, 9.17) is 14.5 Å². The van der Waals surface area contributed by atoms with Crippen molar-refractivity contribution in [1.29, 1.82) is 0 Å². The molecule has 0 saturated carbocycles. The Balaban J connectivity index is 0.00000240. The van der Waals surface area contributed by atoms with E-state index in [9.17, 15) is 4.79 Å². The van der Waals surface area contributed by atoms with Gasteiger partial charge in [0.25, 0.3) is 0 Å². The van der Waals surface area contributed by atoms with Gasteiger partial charge in [-0.2, -0.15) is 0 Å². The molecule has 0 atom stereocenters. The van der Waals surface area contributed by atoms with E-state index in [2.05, 4.69) is 18.2 Å². The van der Waals surface area contributed by atoms with Crippen LogP contribution in [0, 0.1) is 0 Å². The van der Waals surface area contributed by atoms with Crippen LogP contribution in [0.5, 0.6) is 5.75 Å². The predicted molar refractivity (Wildman–Crippen MR) is 119 cm³/mol. The number of aromatic nitrogens is 1. The van der Waals surface area contributed by atoms with Crippen molar-refractivity contribution in [3.05, 3.63) is 72.3 Å². The third kappa shape index (κ3) is 4.17. The zero-order valence-electron chi connectivity index (χ0n) is 16.3. The van der Waals surface area contributed by atoms with Gasteiger partial charge in [-0.1, -0.05) is 30.3 Å². The number of hydrogen-bond acceptors (Lipinski definition) is 4. The lowest BCUT2D eigenvalue weighted by Gasteiger charge is -2.12. The van der Waals surface area contributed by atoms with E-state index in [0.717, 1.165) is 44.2 Å². The van der Waals surface area contributed by atoms with Gasteiger partial charge in [-0.15, -0.1) is 12.4 Å². The normalized spacial score (nSPS) is 10.6. The van der Waals surface area contributed by atoms with Gasteiger partial charge < -0.3 is 9.47 Å². The van der Waals surface area contributed by atoms with Gasteiger partial charge in [0, 0.05) is 10.9 Å². The number of carbonyl (C=O) groups excluding carboxylic acids is 1. The Morgan fingerprint density at radius 2 is 1.76 bits per heavy atom. The molecule has 0 radical (unpaired) electrons. The molecule has 4 aromatic rings. The van der Waals surface area contributed by atoms with E-state index in [-0.39, 0.29) is 24.8 Å². The molecule has 148 valence electrons.